The average Bonchev–Trinajstić information content (AvgIpc) is 3.02. The summed E-state index contributed by atoms with van der Waals surface area (Å²) in [6.45, 7) is 0. The van der Waals surface area contributed by atoms with Crippen LogP contribution in [0.4, 0.5) is 18.9 Å². The van der Waals surface area contributed by atoms with Crippen LogP contribution in [0, 0.1) is 11.3 Å². The standard InChI is InChI=1S/C19H14F3N3S/c1-25(2)15-6-3-12(4-7-15)9-13(11-23)18-24-16-10-14(19(20,21)22)5-8-17(16)26-18/h3-10H,1-2H3. The Labute approximate surface area is 152 Å². The molecule has 0 saturated carbocycles. The molecular weight excluding hydrogens is 359 g/mol. The highest BCUT2D eigenvalue weighted by molar-refractivity contribution is 7.19. The van der Waals surface area contributed by atoms with E-state index in [2.05, 4.69) is 11.1 Å². The fourth-order valence-electron chi connectivity index (χ4n) is 2.40. The Hall–Kier alpha value is -2.85. The van der Waals surface area contributed by atoms with E-state index in [9.17, 15) is 18.4 Å². The number of alkyl halides is 3. The van der Waals surface area contributed by atoms with Crippen molar-refractivity contribution in [1.82, 2.24) is 4.98 Å². The van der Waals surface area contributed by atoms with Crippen molar-refractivity contribution in [2.75, 3.05) is 19.0 Å². The van der Waals surface area contributed by atoms with Crippen LogP contribution in [-0.4, -0.2) is 19.1 Å². The SMILES string of the molecule is CN(C)c1ccc(C=C(C#N)c2nc3cc(C(F)(F)F)ccc3s2)cc1. The lowest BCUT2D eigenvalue weighted by Gasteiger charge is -2.11. The molecule has 132 valence electrons. The molecule has 0 spiro atoms. The van der Waals surface area contributed by atoms with Crippen LogP contribution in [0.1, 0.15) is 16.1 Å². The normalized spacial score (nSPS) is 12.2. The highest BCUT2D eigenvalue weighted by Gasteiger charge is 2.30. The number of nitriles is 1. The lowest BCUT2D eigenvalue weighted by Crippen LogP contribution is -2.07. The summed E-state index contributed by atoms with van der Waals surface area (Å²) < 4.78 is 39.1. The molecule has 0 fully saturated rings. The molecule has 0 N–H and O–H groups in total. The second-order valence-electron chi connectivity index (χ2n) is 5.86. The van der Waals surface area contributed by atoms with Gasteiger partial charge < -0.3 is 4.90 Å². The van der Waals surface area contributed by atoms with Crippen molar-refractivity contribution < 1.29 is 13.2 Å². The first-order valence-electron chi connectivity index (χ1n) is 7.65. The number of fused-ring (bicyclic) bond motifs is 1. The van der Waals surface area contributed by atoms with Crippen LogP contribution in [0.25, 0.3) is 21.9 Å². The molecule has 3 rings (SSSR count). The molecular formula is C19H14F3N3S. The zero-order valence-electron chi connectivity index (χ0n) is 14.0. The predicted octanol–water partition coefficient (Wildman–Crippen LogP) is 5.45. The van der Waals surface area contributed by atoms with Crippen LogP contribution >= 0.6 is 11.3 Å². The van der Waals surface area contributed by atoms with Gasteiger partial charge in [-0.1, -0.05) is 12.1 Å². The molecule has 0 saturated heterocycles. The minimum atomic E-state index is -4.42. The number of nitrogens with zero attached hydrogens (tertiary/aromatic N) is 3. The molecule has 1 aromatic heterocycles. The van der Waals surface area contributed by atoms with Crippen LogP contribution in [0.5, 0.6) is 0 Å². The van der Waals surface area contributed by atoms with Crippen LogP contribution in [0.3, 0.4) is 0 Å². The number of anilines is 1. The predicted molar refractivity (Wildman–Crippen MR) is 98.9 cm³/mol. The Morgan fingerprint density at radius 2 is 1.85 bits per heavy atom. The van der Waals surface area contributed by atoms with E-state index in [1.165, 1.54) is 17.4 Å². The summed E-state index contributed by atoms with van der Waals surface area (Å²) in [4.78, 5) is 6.18. The van der Waals surface area contributed by atoms with Crippen LogP contribution in [0.2, 0.25) is 0 Å². The number of hydrogen-bond acceptors (Lipinski definition) is 4. The van der Waals surface area contributed by atoms with Gasteiger partial charge in [0.2, 0.25) is 0 Å². The van der Waals surface area contributed by atoms with Crippen molar-refractivity contribution in [3.63, 3.8) is 0 Å². The van der Waals surface area contributed by atoms with E-state index in [1.807, 2.05) is 43.3 Å². The van der Waals surface area contributed by atoms with Crippen molar-refractivity contribution in [3.05, 3.63) is 58.6 Å². The van der Waals surface area contributed by atoms with Crippen molar-refractivity contribution in [3.8, 4) is 6.07 Å². The van der Waals surface area contributed by atoms with Crippen molar-refractivity contribution in [2.45, 2.75) is 6.18 Å². The number of rotatable bonds is 3. The van der Waals surface area contributed by atoms with Gasteiger partial charge in [0.15, 0.2) is 0 Å². The minimum Gasteiger partial charge on any atom is -0.378 e. The maximum Gasteiger partial charge on any atom is 0.416 e. The van der Waals surface area contributed by atoms with Crippen molar-refractivity contribution in [1.29, 1.82) is 5.26 Å². The molecule has 7 heteroatoms. The molecule has 0 aliphatic rings. The van der Waals surface area contributed by atoms with Crippen molar-refractivity contribution >= 4 is 38.9 Å². The van der Waals surface area contributed by atoms with Crippen molar-refractivity contribution in [2.24, 2.45) is 0 Å². The quantitative estimate of drug-likeness (QED) is 0.574. The molecule has 26 heavy (non-hydrogen) atoms. The molecule has 0 radical (unpaired) electrons. The van der Waals surface area contributed by atoms with E-state index in [0.29, 0.717) is 15.3 Å². The summed E-state index contributed by atoms with van der Waals surface area (Å²) in [6, 6.07) is 13.1. The maximum absolute atomic E-state index is 12.8. The molecule has 1 heterocycles. The first-order chi connectivity index (χ1) is 12.3. The summed E-state index contributed by atoms with van der Waals surface area (Å²) in [7, 11) is 3.86. The largest absolute Gasteiger partial charge is 0.416 e. The summed E-state index contributed by atoms with van der Waals surface area (Å²) in [5.41, 5.74) is 1.66. The van der Waals surface area contributed by atoms with Gasteiger partial charge in [-0.15, -0.1) is 11.3 Å². The monoisotopic (exact) mass is 373 g/mol. The number of aromatic nitrogens is 1. The number of allylic oxidation sites excluding steroid dienone is 1. The second kappa shape index (κ2) is 6.81. The lowest BCUT2D eigenvalue weighted by atomic mass is 10.1. The Morgan fingerprint density at radius 3 is 2.42 bits per heavy atom. The Kier molecular flexibility index (Phi) is 4.70. The third kappa shape index (κ3) is 3.70. The van der Waals surface area contributed by atoms with Gasteiger partial charge in [-0.05, 0) is 42.0 Å². The number of hydrogen-bond donors (Lipinski definition) is 0. The van der Waals surface area contributed by atoms with E-state index >= 15 is 0 Å². The highest BCUT2D eigenvalue weighted by Crippen LogP contribution is 2.34. The van der Waals surface area contributed by atoms with Crippen LogP contribution in [0.15, 0.2) is 42.5 Å². The fourth-order valence-corrected chi connectivity index (χ4v) is 3.31. The third-order valence-electron chi connectivity index (χ3n) is 3.79. The van der Waals surface area contributed by atoms with Gasteiger partial charge in [-0.25, -0.2) is 4.98 Å². The highest BCUT2D eigenvalue weighted by atomic mass is 32.1. The summed E-state index contributed by atoms with van der Waals surface area (Å²) in [6.07, 6.45) is -2.73. The van der Waals surface area contributed by atoms with Gasteiger partial charge in [0.05, 0.1) is 21.4 Å². The Bertz CT molecular complexity index is 1010. The van der Waals surface area contributed by atoms with E-state index < -0.39 is 11.7 Å². The van der Waals surface area contributed by atoms with Gasteiger partial charge in [0.25, 0.3) is 0 Å². The van der Waals surface area contributed by atoms with Gasteiger partial charge in [-0.3, -0.25) is 0 Å². The Morgan fingerprint density at radius 1 is 1.15 bits per heavy atom. The minimum absolute atomic E-state index is 0.240. The molecule has 3 aromatic rings. The first-order valence-corrected chi connectivity index (χ1v) is 8.47. The second-order valence-corrected chi connectivity index (χ2v) is 6.89. The molecule has 0 unspecified atom stereocenters. The maximum atomic E-state index is 12.8. The zero-order valence-corrected chi connectivity index (χ0v) is 14.8. The van der Waals surface area contributed by atoms with Crippen LogP contribution in [-0.2, 0) is 6.18 Å². The van der Waals surface area contributed by atoms with Gasteiger partial charge in [-0.2, -0.15) is 18.4 Å². The summed E-state index contributed by atoms with van der Waals surface area (Å²) in [5.74, 6) is 0. The van der Waals surface area contributed by atoms with Gasteiger partial charge in [0.1, 0.15) is 11.1 Å². The van der Waals surface area contributed by atoms with Gasteiger partial charge >= 0.3 is 6.18 Å². The number of thiazole rings is 1. The van der Waals surface area contributed by atoms with Gasteiger partial charge in [0, 0.05) is 19.8 Å². The van der Waals surface area contributed by atoms with E-state index in [-0.39, 0.29) is 5.52 Å². The van der Waals surface area contributed by atoms with Crippen LogP contribution < -0.4 is 4.90 Å². The molecule has 0 aliphatic heterocycles. The Balaban J connectivity index is 1.98. The smallest absolute Gasteiger partial charge is 0.378 e. The zero-order chi connectivity index (χ0) is 18.9. The molecule has 0 atom stereocenters. The number of halogens is 3. The average molecular weight is 373 g/mol. The van der Waals surface area contributed by atoms with E-state index in [1.54, 1.807) is 6.08 Å². The van der Waals surface area contributed by atoms with E-state index in [0.717, 1.165) is 23.4 Å². The molecule has 0 bridgehead atoms. The molecule has 2 aromatic carbocycles. The topological polar surface area (TPSA) is 39.9 Å². The van der Waals surface area contributed by atoms with E-state index in [4.69, 9.17) is 0 Å². The first kappa shape index (κ1) is 18.0. The summed E-state index contributed by atoms with van der Waals surface area (Å²) in [5, 5.41) is 9.85. The summed E-state index contributed by atoms with van der Waals surface area (Å²) >= 11 is 1.20. The molecule has 0 amide bonds. The third-order valence-corrected chi connectivity index (χ3v) is 4.86. The fraction of sp³-hybridized carbons (Fsp3) is 0.158. The molecule has 0 aliphatic carbocycles. The lowest BCUT2D eigenvalue weighted by molar-refractivity contribution is -0.137. The number of benzene rings is 2. The molecule has 3 nitrogen and oxygen atoms in total.